The van der Waals surface area contributed by atoms with Crippen molar-refractivity contribution in [3.63, 3.8) is 0 Å². The summed E-state index contributed by atoms with van der Waals surface area (Å²) in [6.45, 7) is 0. The third-order valence-electron chi connectivity index (χ3n) is 2.75. The number of ether oxygens (including phenoxy) is 1. The molecule has 0 unspecified atom stereocenters. The summed E-state index contributed by atoms with van der Waals surface area (Å²) in [5.74, 6) is 2.29. The standard InChI is InChI=1S/C17H12BrNO2/c18-17-11-10-16(21-17)12-19-13-6-8-15(9-7-13)20-14-4-2-1-3-5-14/h1-12H. The van der Waals surface area contributed by atoms with Gasteiger partial charge in [0.05, 0.1) is 11.9 Å². The van der Waals surface area contributed by atoms with Crippen LogP contribution in [0.2, 0.25) is 0 Å². The van der Waals surface area contributed by atoms with E-state index in [9.17, 15) is 0 Å². The third kappa shape index (κ3) is 3.83. The Bertz CT molecular complexity index is 733. The van der Waals surface area contributed by atoms with E-state index in [0.29, 0.717) is 10.4 Å². The Hall–Kier alpha value is -2.33. The molecule has 0 spiro atoms. The molecule has 0 aliphatic rings. The number of benzene rings is 2. The Kier molecular flexibility index (Phi) is 4.17. The molecule has 0 aliphatic heterocycles. The second-order valence-electron chi connectivity index (χ2n) is 4.31. The van der Waals surface area contributed by atoms with Crippen molar-refractivity contribution in [1.29, 1.82) is 0 Å². The van der Waals surface area contributed by atoms with Crippen LogP contribution in [0.3, 0.4) is 0 Å². The van der Waals surface area contributed by atoms with Gasteiger partial charge in [-0.15, -0.1) is 0 Å². The third-order valence-corrected chi connectivity index (χ3v) is 3.18. The van der Waals surface area contributed by atoms with Crippen molar-refractivity contribution in [3.05, 3.63) is 77.2 Å². The van der Waals surface area contributed by atoms with Crippen molar-refractivity contribution in [2.45, 2.75) is 0 Å². The molecule has 0 bridgehead atoms. The zero-order chi connectivity index (χ0) is 14.5. The number of nitrogens with zero attached hydrogens (tertiary/aromatic N) is 1. The first-order valence-electron chi connectivity index (χ1n) is 6.42. The molecule has 21 heavy (non-hydrogen) atoms. The molecular formula is C17H12BrNO2. The highest BCUT2D eigenvalue weighted by atomic mass is 79.9. The highest BCUT2D eigenvalue weighted by Gasteiger charge is 1.98. The molecule has 0 aliphatic carbocycles. The van der Waals surface area contributed by atoms with Crippen LogP contribution >= 0.6 is 15.9 Å². The lowest BCUT2D eigenvalue weighted by Crippen LogP contribution is -1.82. The summed E-state index contributed by atoms with van der Waals surface area (Å²) in [6.07, 6.45) is 1.68. The van der Waals surface area contributed by atoms with Crippen LogP contribution in [-0.4, -0.2) is 6.21 Å². The van der Waals surface area contributed by atoms with Crippen LogP contribution in [-0.2, 0) is 0 Å². The minimum absolute atomic E-state index is 0.690. The molecular weight excluding hydrogens is 330 g/mol. The summed E-state index contributed by atoms with van der Waals surface area (Å²) in [7, 11) is 0. The maximum absolute atomic E-state index is 5.72. The summed E-state index contributed by atoms with van der Waals surface area (Å²) < 4.78 is 11.8. The lowest BCUT2D eigenvalue weighted by molar-refractivity contribution is 0.483. The van der Waals surface area contributed by atoms with Gasteiger partial charge in [0.2, 0.25) is 0 Å². The predicted octanol–water partition coefficient (Wildman–Crippen LogP) is 5.59. The van der Waals surface area contributed by atoms with Gasteiger partial charge in [-0.3, -0.25) is 4.99 Å². The largest absolute Gasteiger partial charge is 0.457 e. The van der Waals surface area contributed by atoms with E-state index in [1.807, 2.05) is 66.7 Å². The average molecular weight is 342 g/mol. The van der Waals surface area contributed by atoms with Gasteiger partial charge in [0.15, 0.2) is 4.67 Å². The molecule has 3 aromatic rings. The van der Waals surface area contributed by atoms with Gasteiger partial charge in [-0.05, 0) is 64.5 Å². The minimum atomic E-state index is 0.690. The zero-order valence-corrected chi connectivity index (χ0v) is 12.7. The summed E-state index contributed by atoms with van der Waals surface area (Å²) in [5, 5.41) is 0. The number of hydrogen-bond acceptors (Lipinski definition) is 3. The van der Waals surface area contributed by atoms with Crippen molar-refractivity contribution in [1.82, 2.24) is 0 Å². The van der Waals surface area contributed by atoms with Crippen LogP contribution in [0.5, 0.6) is 11.5 Å². The lowest BCUT2D eigenvalue weighted by Gasteiger charge is -2.05. The van der Waals surface area contributed by atoms with Gasteiger partial charge in [-0.1, -0.05) is 18.2 Å². The van der Waals surface area contributed by atoms with E-state index in [-0.39, 0.29) is 0 Å². The van der Waals surface area contributed by atoms with E-state index in [1.165, 1.54) is 0 Å². The molecule has 0 fully saturated rings. The van der Waals surface area contributed by atoms with Gasteiger partial charge in [0.1, 0.15) is 17.3 Å². The van der Waals surface area contributed by atoms with Gasteiger partial charge < -0.3 is 9.15 Å². The normalized spacial score (nSPS) is 10.9. The number of aliphatic imine (C=N–C) groups is 1. The van der Waals surface area contributed by atoms with E-state index in [1.54, 1.807) is 6.21 Å². The van der Waals surface area contributed by atoms with E-state index in [4.69, 9.17) is 9.15 Å². The molecule has 3 rings (SSSR count). The zero-order valence-electron chi connectivity index (χ0n) is 11.1. The minimum Gasteiger partial charge on any atom is -0.457 e. The van der Waals surface area contributed by atoms with E-state index < -0.39 is 0 Å². The van der Waals surface area contributed by atoms with Gasteiger partial charge >= 0.3 is 0 Å². The topological polar surface area (TPSA) is 34.7 Å². The first kappa shape index (κ1) is 13.6. The summed E-state index contributed by atoms with van der Waals surface area (Å²) in [6, 6.07) is 20.9. The predicted molar refractivity (Wildman–Crippen MR) is 86.6 cm³/mol. The van der Waals surface area contributed by atoms with Crippen LogP contribution in [0, 0.1) is 0 Å². The fourth-order valence-electron chi connectivity index (χ4n) is 1.76. The first-order valence-corrected chi connectivity index (χ1v) is 7.21. The van der Waals surface area contributed by atoms with Crippen molar-refractivity contribution in [3.8, 4) is 11.5 Å². The van der Waals surface area contributed by atoms with Gasteiger partial charge in [-0.2, -0.15) is 0 Å². The number of hydrogen-bond donors (Lipinski definition) is 0. The SMILES string of the molecule is Brc1ccc(C=Nc2ccc(Oc3ccccc3)cc2)o1. The number of halogens is 1. The Balaban J connectivity index is 1.68. The Morgan fingerprint density at radius 2 is 1.57 bits per heavy atom. The van der Waals surface area contributed by atoms with Crippen molar-refractivity contribution >= 4 is 27.8 Å². The van der Waals surface area contributed by atoms with Gasteiger partial charge in [0.25, 0.3) is 0 Å². The van der Waals surface area contributed by atoms with Crippen molar-refractivity contribution in [2.24, 2.45) is 4.99 Å². The number of para-hydroxylation sites is 1. The smallest absolute Gasteiger partial charge is 0.169 e. The van der Waals surface area contributed by atoms with Crippen LogP contribution in [0.1, 0.15) is 5.76 Å². The fraction of sp³-hybridized carbons (Fsp3) is 0. The molecule has 0 saturated heterocycles. The molecule has 1 heterocycles. The molecule has 0 N–H and O–H groups in total. The monoisotopic (exact) mass is 341 g/mol. The van der Waals surface area contributed by atoms with Crippen molar-refractivity contribution in [2.75, 3.05) is 0 Å². The Morgan fingerprint density at radius 1 is 0.857 bits per heavy atom. The molecule has 0 saturated carbocycles. The van der Waals surface area contributed by atoms with E-state index >= 15 is 0 Å². The molecule has 3 nitrogen and oxygen atoms in total. The average Bonchev–Trinajstić information content (AvgIpc) is 2.93. The number of rotatable bonds is 4. The molecule has 104 valence electrons. The van der Waals surface area contributed by atoms with Crippen LogP contribution in [0.4, 0.5) is 5.69 Å². The second kappa shape index (κ2) is 6.41. The number of furan rings is 1. The summed E-state index contributed by atoms with van der Waals surface area (Å²) >= 11 is 3.25. The Labute approximate surface area is 131 Å². The van der Waals surface area contributed by atoms with Gasteiger partial charge in [0, 0.05) is 0 Å². The second-order valence-corrected chi connectivity index (χ2v) is 5.09. The molecule has 2 aromatic carbocycles. The maximum atomic E-state index is 5.72. The molecule has 0 amide bonds. The Morgan fingerprint density at radius 3 is 2.24 bits per heavy atom. The molecule has 0 radical (unpaired) electrons. The van der Waals surface area contributed by atoms with E-state index in [2.05, 4.69) is 20.9 Å². The highest BCUT2D eigenvalue weighted by molar-refractivity contribution is 9.10. The van der Waals surface area contributed by atoms with Gasteiger partial charge in [-0.25, -0.2) is 0 Å². The lowest BCUT2D eigenvalue weighted by atomic mass is 10.3. The molecule has 1 aromatic heterocycles. The van der Waals surface area contributed by atoms with Crippen LogP contribution in [0.15, 0.2) is 80.8 Å². The molecule has 0 atom stereocenters. The van der Waals surface area contributed by atoms with E-state index in [0.717, 1.165) is 17.2 Å². The van der Waals surface area contributed by atoms with Crippen LogP contribution in [0.25, 0.3) is 0 Å². The quantitative estimate of drug-likeness (QED) is 0.580. The molecule has 4 heteroatoms. The van der Waals surface area contributed by atoms with Crippen molar-refractivity contribution < 1.29 is 9.15 Å². The van der Waals surface area contributed by atoms with Crippen LogP contribution < -0.4 is 4.74 Å². The highest BCUT2D eigenvalue weighted by Crippen LogP contribution is 2.23. The summed E-state index contributed by atoms with van der Waals surface area (Å²) in [5.41, 5.74) is 0.836. The maximum Gasteiger partial charge on any atom is 0.169 e. The first-order chi connectivity index (χ1) is 10.3. The summed E-state index contributed by atoms with van der Waals surface area (Å²) in [4.78, 5) is 4.34. The fourth-order valence-corrected chi connectivity index (χ4v) is 2.08.